The van der Waals surface area contributed by atoms with Gasteiger partial charge in [-0.15, -0.1) is 0 Å². The largest absolute Gasteiger partial charge is 0.314 e. The highest BCUT2D eigenvalue weighted by atomic mass is 14.9. The first kappa shape index (κ1) is 11.0. The Kier molecular flexibility index (Phi) is 4.79. The summed E-state index contributed by atoms with van der Waals surface area (Å²) in [5.41, 5.74) is 0. The van der Waals surface area contributed by atoms with Gasteiger partial charge in [-0.1, -0.05) is 33.1 Å². The van der Waals surface area contributed by atoms with Gasteiger partial charge in [0.05, 0.1) is 0 Å². The summed E-state index contributed by atoms with van der Waals surface area (Å²) >= 11 is 0. The molecule has 1 unspecified atom stereocenters. The second-order valence-electron chi connectivity index (χ2n) is 4.75. The minimum Gasteiger partial charge on any atom is -0.314 e. The Morgan fingerprint density at radius 2 is 1.85 bits per heavy atom. The van der Waals surface area contributed by atoms with Gasteiger partial charge in [0.15, 0.2) is 0 Å². The zero-order valence-corrected chi connectivity index (χ0v) is 9.47. The zero-order valence-electron chi connectivity index (χ0n) is 9.47. The van der Waals surface area contributed by atoms with Crippen LogP contribution in [0.5, 0.6) is 0 Å². The van der Waals surface area contributed by atoms with Gasteiger partial charge in [0, 0.05) is 6.04 Å². The van der Waals surface area contributed by atoms with Crippen molar-refractivity contribution in [2.24, 2.45) is 11.8 Å². The molecule has 1 rings (SSSR count). The topological polar surface area (TPSA) is 12.0 Å². The summed E-state index contributed by atoms with van der Waals surface area (Å²) in [7, 11) is 0. The van der Waals surface area contributed by atoms with Crippen LogP contribution in [0, 0.1) is 11.8 Å². The second kappa shape index (κ2) is 5.64. The third kappa shape index (κ3) is 3.68. The van der Waals surface area contributed by atoms with Crippen LogP contribution in [0.2, 0.25) is 0 Å². The minimum atomic E-state index is 0.747. The molecular formula is C12H25N. The molecule has 0 aromatic heterocycles. The van der Waals surface area contributed by atoms with Crippen molar-refractivity contribution in [3.63, 3.8) is 0 Å². The molecule has 1 aliphatic carbocycles. The Morgan fingerprint density at radius 3 is 2.38 bits per heavy atom. The van der Waals surface area contributed by atoms with Gasteiger partial charge in [0.1, 0.15) is 0 Å². The highest BCUT2D eigenvalue weighted by Crippen LogP contribution is 2.27. The van der Waals surface area contributed by atoms with Crippen molar-refractivity contribution in [1.29, 1.82) is 0 Å². The fourth-order valence-corrected chi connectivity index (χ4v) is 2.16. The maximum Gasteiger partial charge on any atom is 0.00671 e. The fraction of sp³-hybridized carbons (Fsp3) is 1.00. The first-order chi connectivity index (χ1) is 6.24. The predicted octanol–water partition coefficient (Wildman–Crippen LogP) is 3.20. The number of hydrogen-bond acceptors (Lipinski definition) is 1. The molecular weight excluding hydrogens is 158 g/mol. The summed E-state index contributed by atoms with van der Waals surface area (Å²) in [4.78, 5) is 0. The van der Waals surface area contributed by atoms with E-state index in [1.54, 1.807) is 0 Å². The molecule has 0 amide bonds. The van der Waals surface area contributed by atoms with E-state index in [4.69, 9.17) is 0 Å². The van der Waals surface area contributed by atoms with Crippen molar-refractivity contribution in [2.75, 3.05) is 6.54 Å². The summed E-state index contributed by atoms with van der Waals surface area (Å²) in [5, 5.41) is 3.68. The SMILES string of the molecule is CC[C@@H](C)CNC(C)C1CCCC1. The summed E-state index contributed by atoms with van der Waals surface area (Å²) in [6.07, 6.45) is 7.12. The summed E-state index contributed by atoms with van der Waals surface area (Å²) in [6, 6.07) is 0.747. The van der Waals surface area contributed by atoms with Crippen molar-refractivity contribution in [1.82, 2.24) is 5.32 Å². The van der Waals surface area contributed by atoms with E-state index in [1.807, 2.05) is 0 Å². The van der Waals surface area contributed by atoms with Crippen LogP contribution >= 0.6 is 0 Å². The Bertz CT molecular complexity index is 127. The summed E-state index contributed by atoms with van der Waals surface area (Å²) in [5.74, 6) is 1.80. The molecule has 0 heterocycles. The molecule has 0 aromatic carbocycles. The van der Waals surface area contributed by atoms with Gasteiger partial charge in [-0.25, -0.2) is 0 Å². The highest BCUT2D eigenvalue weighted by Gasteiger charge is 2.20. The molecule has 0 saturated heterocycles. The first-order valence-corrected chi connectivity index (χ1v) is 5.97. The molecule has 1 aliphatic rings. The third-order valence-corrected chi connectivity index (χ3v) is 3.59. The maximum atomic E-state index is 3.68. The van der Waals surface area contributed by atoms with E-state index in [9.17, 15) is 0 Å². The van der Waals surface area contributed by atoms with Gasteiger partial charge < -0.3 is 5.32 Å². The van der Waals surface area contributed by atoms with Crippen LogP contribution in [0.1, 0.15) is 52.9 Å². The van der Waals surface area contributed by atoms with Gasteiger partial charge >= 0.3 is 0 Å². The number of hydrogen-bond donors (Lipinski definition) is 1. The summed E-state index contributed by atoms with van der Waals surface area (Å²) < 4.78 is 0. The molecule has 0 radical (unpaired) electrons. The molecule has 0 bridgehead atoms. The summed E-state index contributed by atoms with van der Waals surface area (Å²) in [6.45, 7) is 8.16. The monoisotopic (exact) mass is 183 g/mol. The lowest BCUT2D eigenvalue weighted by molar-refractivity contribution is 0.355. The third-order valence-electron chi connectivity index (χ3n) is 3.59. The normalized spacial score (nSPS) is 23.3. The zero-order chi connectivity index (χ0) is 9.68. The molecule has 1 fully saturated rings. The van der Waals surface area contributed by atoms with E-state index in [0.717, 1.165) is 17.9 Å². The molecule has 1 heteroatoms. The lowest BCUT2D eigenvalue weighted by Gasteiger charge is -2.22. The molecule has 0 aliphatic heterocycles. The Balaban J connectivity index is 2.12. The molecule has 1 saturated carbocycles. The van der Waals surface area contributed by atoms with Crippen LogP contribution in [-0.2, 0) is 0 Å². The van der Waals surface area contributed by atoms with E-state index < -0.39 is 0 Å². The standard InChI is InChI=1S/C12H25N/c1-4-10(2)9-13-11(3)12-7-5-6-8-12/h10-13H,4-9H2,1-3H3/t10-,11?/m1/s1. The molecule has 13 heavy (non-hydrogen) atoms. The predicted molar refractivity (Wildman–Crippen MR) is 58.9 cm³/mol. The van der Waals surface area contributed by atoms with E-state index in [2.05, 4.69) is 26.1 Å². The molecule has 0 spiro atoms. The maximum absolute atomic E-state index is 3.68. The van der Waals surface area contributed by atoms with Crippen LogP contribution in [0.3, 0.4) is 0 Å². The van der Waals surface area contributed by atoms with Gasteiger partial charge in [0.2, 0.25) is 0 Å². The average Bonchev–Trinajstić information content (AvgIpc) is 2.66. The quantitative estimate of drug-likeness (QED) is 0.690. The molecule has 1 N–H and O–H groups in total. The Hall–Kier alpha value is -0.0400. The van der Waals surface area contributed by atoms with Crippen LogP contribution in [0.4, 0.5) is 0 Å². The minimum absolute atomic E-state index is 0.747. The molecule has 1 nitrogen and oxygen atoms in total. The van der Waals surface area contributed by atoms with Crippen molar-refractivity contribution >= 4 is 0 Å². The van der Waals surface area contributed by atoms with E-state index >= 15 is 0 Å². The van der Waals surface area contributed by atoms with E-state index in [0.29, 0.717) is 0 Å². The van der Waals surface area contributed by atoms with Crippen LogP contribution < -0.4 is 5.32 Å². The van der Waals surface area contributed by atoms with Crippen molar-refractivity contribution in [3.8, 4) is 0 Å². The van der Waals surface area contributed by atoms with Crippen molar-refractivity contribution in [2.45, 2.75) is 58.9 Å². The smallest absolute Gasteiger partial charge is 0.00671 e. The lowest BCUT2D eigenvalue weighted by atomic mass is 9.99. The molecule has 78 valence electrons. The van der Waals surface area contributed by atoms with Gasteiger partial charge in [0.25, 0.3) is 0 Å². The average molecular weight is 183 g/mol. The second-order valence-corrected chi connectivity index (χ2v) is 4.75. The lowest BCUT2D eigenvalue weighted by Crippen LogP contribution is -2.35. The van der Waals surface area contributed by atoms with Crippen molar-refractivity contribution < 1.29 is 0 Å². The first-order valence-electron chi connectivity index (χ1n) is 5.97. The Morgan fingerprint density at radius 1 is 1.23 bits per heavy atom. The molecule has 2 atom stereocenters. The fourth-order valence-electron chi connectivity index (χ4n) is 2.16. The van der Waals surface area contributed by atoms with E-state index in [-0.39, 0.29) is 0 Å². The Labute approximate surface area is 83.3 Å². The van der Waals surface area contributed by atoms with E-state index in [1.165, 1.54) is 38.6 Å². The number of nitrogens with one attached hydrogen (secondary N) is 1. The van der Waals surface area contributed by atoms with Crippen LogP contribution in [0.25, 0.3) is 0 Å². The highest BCUT2D eigenvalue weighted by molar-refractivity contribution is 4.77. The van der Waals surface area contributed by atoms with Gasteiger partial charge in [-0.05, 0) is 38.1 Å². The number of rotatable bonds is 5. The van der Waals surface area contributed by atoms with Crippen LogP contribution in [-0.4, -0.2) is 12.6 Å². The molecule has 0 aromatic rings. The van der Waals surface area contributed by atoms with Crippen molar-refractivity contribution in [3.05, 3.63) is 0 Å². The van der Waals surface area contributed by atoms with Gasteiger partial charge in [-0.3, -0.25) is 0 Å². The van der Waals surface area contributed by atoms with Crippen LogP contribution in [0.15, 0.2) is 0 Å². The van der Waals surface area contributed by atoms with Gasteiger partial charge in [-0.2, -0.15) is 0 Å².